The van der Waals surface area contributed by atoms with Crippen molar-refractivity contribution in [2.24, 2.45) is 5.73 Å². The third kappa shape index (κ3) is 5.54. The number of rotatable bonds is 10. The van der Waals surface area contributed by atoms with E-state index in [-0.39, 0.29) is 5.84 Å². The normalized spacial score (nSPS) is 10.5. The Labute approximate surface area is 120 Å². The number of nitrogens with zero attached hydrogens (tertiary/aromatic N) is 2. The van der Waals surface area contributed by atoms with Crippen molar-refractivity contribution in [1.29, 1.82) is 5.41 Å². The van der Waals surface area contributed by atoms with Crippen LogP contribution < -0.4 is 10.6 Å². The molecule has 0 saturated carbocycles. The van der Waals surface area contributed by atoms with E-state index in [0.29, 0.717) is 32.1 Å². The first kappa shape index (κ1) is 16.4. The van der Waals surface area contributed by atoms with E-state index in [1.54, 1.807) is 6.07 Å². The van der Waals surface area contributed by atoms with Gasteiger partial charge >= 0.3 is 0 Å². The molecule has 3 N–H and O–H groups in total. The molecule has 0 bridgehead atoms. The molecule has 112 valence electrons. The van der Waals surface area contributed by atoms with Crippen molar-refractivity contribution < 1.29 is 9.47 Å². The number of anilines is 1. The third-order valence-electron chi connectivity index (χ3n) is 2.75. The second-order valence-electron chi connectivity index (χ2n) is 4.18. The molecule has 0 atom stereocenters. The molecule has 1 rings (SSSR count). The van der Waals surface area contributed by atoms with Gasteiger partial charge in [-0.3, -0.25) is 5.41 Å². The molecule has 6 nitrogen and oxygen atoms in total. The van der Waals surface area contributed by atoms with Gasteiger partial charge in [-0.25, -0.2) is 4.98 Å². The Morgan fingerprint density at radius 1 is 1.20 bits per heavy atom. The number of hydrogen-bond acceptors (Lipinski definition) is 5. The van der Waals surface area contributed by atoms with Gasteiger partial charge in [-0.1, -0.05) is 6.07 Å². The molecule has 0 aliphatic rings. The van der Waals surface area contributed by atoms with E-state index in [1.165, 1.54) is 0 Å². The van der Waals surface area contributed by atoms with Gasteiger partial charge in [0.1, 0.15) is 17.3 Å². The fourth-order valence-corrected chi connectivity index (χ4v) is 1.73. The van der Waals surface area contributed by atoms with Gasteiger partial charge in [0.2, 0.25) is 0 Å². The van der Waals surface area contributed by atoms with Gasteiger partial charge in [0.05, 0.1) is 13.2 Å². The minimum Gasteiger partial charge on any atom is -0.382 e. The molecular formula is C14H24N4O2. The molecule has 0 saturated heterocycles. The van der Waals surface area contributed by atoms with E-state index >= 15 is 0 Å². The molecule has 0 fully saturated rings. The quantitative estimate of drug-likeness (QED) is 0.383. The summed E-state index contributed by atoms with van der Waals surface area (Å²) >= 11 is 0. The number of hydrogen-bond donors (Lipinski definition) is 2. The summed E-state index contributed by atoms with van der Waals surface area (Å²) < 4.78 is 10.8. The zero-order valence-corrected chi connectivity index (χ0v) is 12.3. The number of aromatic nitrogens is 1. The number of pyridine rings is 1. The Bertz CT molecular complexity index is 402. The first-order chi connectivity index (χ1) is 9.69. The summed E-state index contributed by atoms with van der Waals surface area (Å²) in [6, 6.07) is 5.49. The highest BCUT2D eigenvalue weighted by Crippen LogP contribution is 2.11. The fourth-order valence-electron chi connectivity index (χ4n) is 1.73. The average molecular weight is 280 g/mol. The number of nitrogens with one attached hydrogen (secondary N) is 1. The Morgan fingerprint density at radius 2 is 1.80 bits per heavy atom. The van der Waals surface area contributed by atoms with Crippen LogP contribution in [0.4, 0.5) is 5.82 Å². The Kier molecular flexibility index (Phi) is 7.60. The highest BCUT2D eigenvalue weighted by Gasteiger charge is 2.09. The van der Waals surface area contributed by atoms with Gasteiger partial charge in [-0.2, -0.15) is 0 Å². The maximum absolute atomic E-state index is 7.46. The molecule has 1 aromatic rings. The highest BCUT2D eigenvalue weighted by molar-refractivity contribution is 5.93. The molecule has 0 spiro atoms. The average Bonchev–Trinajstić information content (AvgIpc) is 2.46. The third-order valence-corrected chi connectivity index (χ3v) is 2.75. The van der Waals surface area contributed by atoms with Crippen LogP contribution >= 0.6 is 0 Å². The molecule has 0 aliphatic carbocycles. The summed E-state index contributed by atoms with van der Waals surface area (Å²) in [6.07, 6.45) is 0. The number of nitrogens with two attached hydrogens (primary N) is 1. The SMILES string of the molecule is CCOCCN(CCOCC)c1cccc(C(=N)N)n1. The van der Waals surface area contributed by atoms with Gasteiger partial charge < -0.3 is 20.1 Å². The van der Waals surface area contributed by atoms with E-state index in [1.807, 2.05) is 26.0 Å². The van der Waals surface area contributed by atoms with Crippen molar-refractivity contribution in [3.8, 4) is 0 Å². The smallest absolute Gasteiger partial charge is 0.141 e. The monoisotopic (exact) mass is 280 g/mol. The second kappa shape index (κ2) is 9.28. The zero-order valence-electron chi connectivity index (χ0n) is 12.3. The predicted octanol–water partition coefficient (Wildman–Crippen LogP) is 1.25. The van der Waals surface area contributed by atoms with Crippen molar-refractivity contribution >= 4 is 11.7 Å². The standard InChI is InChI=1S/C14H24N4O2/c1-3-19-10-8-18(9-11-20-4-2)13-7-5-6-12(17-13)14(15)16/h5-7H,3-4,8-11H2,1-2H3,(H3,15,16). The molecule has 0 radical (unpaired) electrons. The molecule has 0 aromatic carbocycles. The van der Waals surface area contributed by atoms with Crippen LogP contribution in [0.25, 0.3) is 0 Å². The Balaban J connectivity index is 2.73. The molecule has 6 heteroatoms. The number of nitrogen functional groups attached to an aromatic ring is 1. The van der Waals surface area contributed by atoms with Crippen LogP contribution in [0.15, 0.2) is 18.2 Å². The van der Waals surface area contributed by atoms with Gasteiger partial charge in [0, 0.05) is 26.3 Å². The fraction of sp³-hybridized carbons (Fsp3) is 0.571. The van der Waals surface area contributed by atoms with Gasteiger partial charge in [-0.05, 0) is 26.0 Å². The summed E-state index contributed by atoms with van der Waals surface area (Å²) in [5.74, 6) is 0.763. The summed E-state index contributed by atoms with van der Waals surface area (Å²) in [6.45, 7) is 8.06. The van der Waals surface area contributed by atoms with Gasteiger partial charge in [0.25, 0.3) is 0 Å². The van der Waals surface area contributed by atoms with E-state index in [4.69, 9.17) is 20.6 Å². The summed E-state index contributed by atoms with van der Waals surface area (Å²) in [4.78, 5) is 6.48. The first-order valence-electron chi connectivity index (χ1n) is 6.90. The predicted molar refractivity (Wildman–Crippen MR) is 80.5 cm³/mol. The maximum Gasteiger partial charge on any atom is 0.141 e. The van der Waals surface area contributed by atoms with Crippen LogP contribution in [-0.2, 0) is 9.47 Å². The molecule has 0 aliphatic heterocycles. The van der Waals surface area contributed by atoms with Crippen molar-refractivity contribution in [2.75, 3.05) is 44.4 Å². The molecular weight excluding hydrogens is 256 g/mol. The summed E-state index contributed by atoms with van der Waals surface area (Å²) in [5.41, 5.74) is 5.97. The molecule has 1 heterocycles. The minimum absolute atomic E-state index is 0.0265. The first-order valence-corrected chi connectivity index (χ1v) is 6.90. The Morgan fingerprint density at radius 3 is 2.30 bits per heavy atom. The molecule has 0 amide bonds. The maximum atomic E-state index is 7.46. The zero-order chi connectivity index (χ0) is 14.8. The number of amidine groups is 1. The lowest BCUT2D eigenvalue weighted by atomic mass is 10.3. The molecule has 1 aromatic heterocycles. The van der Waals surface area contributed by atoms with Gasteiger partial charge in [0.15, 0.2) is 0 Å². The lowest BCUT2D eigenvalue weighted by molar-refractivity contribution is 0.141. The lowest BCUT2D eigenvalue weighted by Gasteiger charge is -2.23. The summed E-state index contributed by atoms with van der Waals surface area (Å²) in [7, 11) is 0. The molecule has 20 heavy (non-hydrogen) atoms. The lowest BCUT2D eigenvalue weighted by Crippen LogP contribution is -2.32. The van der Waals surface area contributed by atoms with Crippen LogP contribution in [0.2, 0.25) is 0 Å². The van der Waals surface area contributed by atoms with Crippen molar-refractivity contribution in [3.05, 3.63) is 23.9 Å². The van der Waals surface area contributed by atoms with E-state index in [9.17, 15) is 0 Å². The van der Waals surface area contributed by atoms with Crippen LogP contribution in [0.3, 0.4) is 0 Å². The molecule has 0 unspecified atom stereocenters. The topological polar surface area (TPSA) is 84.5 Å². The van der Waals surface area contributed by atoms with Crippen LogP contribution in [-0.4, -0.2) is 50.3 Å². The second-order valence-corrected chi connectivity index (χ2v) is 4.18. The highest BCUT2D eigenvalue weighted by atomic mass is 16.5. The minimum atomic E-state index is -0.0265. The Hall–Kier alpha value is -1.66. The van der Waals surface area contributed by atoms with Crippen LogP contribution in [0.5, 0.6) is 0 Å². The largest absolute Gasteiger partial charge is 0.382 e. The van der Waals surface area contributed by atoms with Crippen molar-refractivity contribution in [1.82, 2.24) is 4.98 Å². The van der Waals surface area contributed by atoms with Crippen LogP contribution in [0.1, 0.15) is 19.5 Å². The van der Waals surface area contributed by atoms with Crippen LogP contribution in [0, 0.1) is 5.41 Å². The summed E-state index contributed by atoms with van der Waals surface area (Å²) in [5, 5.41) is 7.46. The van der Waals surface area contributed by atoms with E-state index in [0.717, 1.165) is 18.9 Å². The number of ether oxygens (including phenoxy) is 2. The van der Waals surface area contributed by atoms with Crippen molar-refractivity contribution in [2.45, 2.75) is 13.8 Å². The van der Waals surface area contributed by atoms with Gasteiger partial charge in [-0.15, -0.1) is 0 Å². The van der Waals surface area contributed by atoms with E-state index in [2.05, 4.69) is 9.88 Å². The van der Waals surface area contributed by atoms with E-state index < -0.39 is 0 Å². The van der Waals surface area contributed by atoms with Crippen molar-refractivity contribution in [3.63, 3.8) is 0 Å².